The summed E-state index contributed by atoms with van der Waals surface area (Å²) < 4.78 is 11.1. The van der Waals surface area contributed by atoms with Gasteiger partial charge in [0.1, 0.15) is 6.26 Å². The fourth-order valence-corrected chi connectivity index (χ4v) is 1.94. The monoisotopic (exact) mass is 215 g/mol. The first-order valence-corrected chi connectivity index (χ1v) is 5.29. The van der Waals surface area contributed by atoms with Crippen LogP contribution in [0.2, 0.25) is 5.02 Å². The Bertz CT molecular complexity index is 361. The van der Waals surface area contributed by atoms with Crippen LogP contribution in [0.3, 0.4) is 0 Å². The molecule has 3 nitrogen and oxygen atoms in total. The van der Waals surface area contributed by atoms with Crippen molar-refractivity contribution in [2.24, 2.45) is 4.99 Å². The number of rotatable bonds is 2. The predicted molar refractivity (Wildman–Crippen MR) is 51.6 cm³/mol. The standard InChI is InChI=1S/C8H6ClNO2S/c1-13(12)8-3-2-6(10-5-11)4-7(8)9/h2-4H,1H3. The maximum atomic E-state index is 11.1. The van der Waals surface area contributed by atoms with E-state index >= 15 is 0 Å². The van der Waals surface area contributed by atoms with E-state index in [-0.39, 0.29) is 0 Å². The number of hydrogen-bond acceptors (Lipinski definition) is 3. The summed E-state index contributed by atoms with van der Waals surface area (Å²) in [6.45, 7) is 0. The summed E-state index contributed by atoms with van der Waals surface area (Å²) in [7, 11) is 0. The molecule has 0 radical (unpaired) electrons. The number of aliphatic imine (C=N–C) groups is 1. The Hall–Kier alpha value is -0.800. The van der Waals surface area contributed by atoms with E-state index in [9.17, 15) is 9.35 Å². The number of hydrogen-bond donors (Lipinski definition) is 0. The zero-order chi connectivity index (χ0) is 9.84. The topological polar surface area (TPSA) is 52.5 Å². The first-order chi connectivity index (χ1) is 6.15. The predicted octanol–water partition coefficient (Wildman–Crippen LogP) is 2.04. The highest BCUT2D eigenvalue weighted by Gasteiger charge is 2.09. The number of isocyanates is 1. The summed E-state index contributed by atoms with van der Waals surface area (Å²) in [6.07, 6.45) is 2.93. The van der Waals surface area contributed by atoms with Gasteiger partial charge in [0, 0.05) is 0 Å². The highest BCUT2D eigenvalue weighted by molar-refractivity contribution is 7.90. The molecule has 0 heterocycles. The minimum absolute atomic E-state index is 0.345. The zero-order valence-corrected chi connectivity index (χ0v) is 8.35. The summed E-state index contributed by atoms with van der Waals surface area (Å²) in [5, 5.41) is 0.345. The molecular formula is C8H6ClNO2S. The Balaban J connectivity index is 3.12. The van der Waals surface area contributed by atoms with Gasteiger partial charge in [-0.15, -0.1) is 0 Å². The van der Waals surface area contributed by atoms with Gasteiger partial charge < -0.3 is 4.55 Å². The highest BCUT2D eigenvalue weighted by Crippen LogP contribution is 2.25. The lowest BCUT2D eigenvalue weighted by Gasteiger charge is -2.05. The Labute approximate surface area is 83.6 Å². The van der Waals surface area contributed by atoms with Crippen LogP contribution in [-0.4, -0.2) is 16.9 Å². The maximum Gasteiger partial charge on any atom is 0.240 e. The third kappa shape index (κ3) is 2.57. The molecule has 0 bridgehead atoms. The minimum atomic E-state index is -1.12. The molecule has 5 heteroatoms. The third-order valence-electron chi connectivity index (χ3n) is 1.40. The van der Waals surface area contributed by atoms with Crippen molar-refractivity contribution in [1.29, 1.82) is 0 Å². The Morgan fingerprint density at radius 3 is 2.77 bits per heavy atom. The van der Waals surface area contributed by atoms with Crippen molar-refractivity contribution in [3.05, 3.63) is 23.2 Å². The fourth-order valence-electron chi connectivity index (χ4n) is 0.845. The molecule has 0 aliphatic rings. The number of halogens is 1. The molecule has 0 spiro atoms. The van der Waals surface area contributed by atoms with E-state index < -0.39 is 11.2 Å². The minimum Gasteiger partial charge on any atom is -0.612 e. The summed E-state index contributed by atoms with van der Waals surface area (Å²) in [4.78, 5) is 13.8. The largest absolute Gasteiger partial charge is 0.612 e. The summed E-state index contributed by atoms with van der Waals surface area (Å²) >= 11 is 4.65. The van der Waals surface area contributed by atoms with Crippen molar-refractivity contribution in [2.75, 3.05) is 6.26 Å². The second-order valence-corrected chi connectivity index (χ2v) is 4.03. The van der Waals surface area contributed by atoms with Crippen LogP contribution in [-0.2, 0) is 16.0 Å². The molecule has 1 aromatic rings. The highest BCUT2D eigenvalue weighted by atomic mass is 35.5. The normalized spacial score (nSPS) is 11.9. The smallest absolute Gasteiger partial charge is 0.240 e. The van der Waals surface area contributed by atoms with E-state index in [1.54, 1.807) is 12.1 Å². The zero-order valence-electron chi connectivity index (χ0n) is 6.78. The molecule has 0 N–H and O–H groups in total. The van der Waals surface area contributed by atoms with Gasteiger partial charge >= 0.3 is 0 Å². The van der Waals surface area contributed by atoms with Gasteiger partial charge in [0.2, 0.25) is 6.08 Å². The number of nitrogens with zero attached hydrogens (tertiary/aromatic N) is 1. The SMILES string of the molecule is C[S+]([O-])c1ccc(N=C=O)cc1Cl. The fraction of sp³-hybridized carbons (Fsp3) is 0.125. The first-order valence-electron chi connectivity index (χ1n) is 3.36. The summed E-state index contributed by atoms with van der Waals surface area (Å²) in [5.74, 6) is 0. The molecule has 1 atom stereocenters. The van der Waals surface area contributed by atoms with Gasteiger partial charge in [-0.3, -0.25) is 0 Å². The molecule has 1 unspecified atom stereocenters. The van der Waals surface area contributed by atoms with Crippen molar-refractivity contribution in [1.82, 2.24) is 0 Å². The maximum absolute atomic E-state index is 11.1. The van der Waals surface area contributed by atoms with E-state index in [1.807, 2.05) is 0 Å². The Morgan fingerprint density at radius 2 is 2.31 bits per heavy atom. The van der Waals surface area contributed by atoms with Gasteiger partial charge in [-0.25, -0.2) is 4.79 Å². The molecular weight excluding hydrogens is 210 g/mol. The second-order valence-electron chi connectivity index (χ2n) is 2.27. The van der Waals surface area contributed by atoms with Crippen LogP contribution >= 0.6 is 11.6 Å². The number of benzene rings is 1. The lowest BCUT2D eigenvalue weighted by atomic mass is 10.3. The van der Waals surface area contributed by atoms with Crippen molar-refractivity contribution in [2.45, 2.75) is 4.90 Å². The quantitative estimate of drug-likeness (QED) is 0.431. The van der Waals surface area contributed by atoms with Crippen LogP contribution in [0.25, 0.3) is 0 Å². The molecule has 0 fully saturated rings. The Morgan fingerprint density at radius 1 is 1.62 bits per heavy atom. The molecule has 1 rings (SSSR count). The molecule has 13 heavy (non-hydrogen) atoms. The van der Waals surface area contributed by atoms with Gasteiger partial charge in [0.25, 0.3) is 0 Å². The summed E-state index contributed by atoms with van der Waals surface area (Å²) in [6, 6.07) is 4.62. The van der Waals surface area contributed by atoms with Crippen LogP contribution in [0.4, 0.5) is 5.69 Å². The van der Waals surface area contributed by atoms with Crippen LogP contribution in [0.15, 0.2) is 28.1 Å². The van der Waals surface area contributed by atoms with Crippen LogP contribution < -0.4 is 0 Å². The van der Waals surface area contributed by atoms with Crippen LogP contribution in [0.1, 0.15) is 0 Å². The second kappa shape index (κ2) is 4.44. The van der Waals surface area contributed by atoms with Crippen LogP contribution in [0.5, 0.6) is 0 Å². The molecule has 68 valence electrons. The van der Waals surface area contributed by atoms with Gasteiger partial charge in [-0.05, 0) is 29.4 Å². The lowest BCUT2D eigenvalue weighted by molar-refractivity contribution is 0.565. The van der Waals surface area contributed by atoms with Gasteiger partial charge in [-0.1, -0.05) is 11.6 Å². The average molecular weight is 216 g/mol. The van der Waals surface area contributed by atoms with Crippen molar-refractivity contribution < 1.29 is 9.35 Å². The molecule has 0 aromatic heterocycles. The van der Waals surface area contributed by atoms with Crippen molar-refractivity contribution in [3.63, 3.8) is 0 Å². The van der Waals surface area contributed by atoms with Gasteiger partial charge in [0.15, 0.2) is 4.90 Å². The van der Waals surface area contributed by atoms with Gasteiger partial charge in [-0.2, -0.15) is 4.99 Å². The van der Waals surface area contributed by atoms with E-state index in [1.165, 1.54) is 18.4 Å². The summed E-state index contributed by atoms with van der Waals surface area (Å²) in [5.41, 5.74) is 0.411. The van der Waals surface area contributed by atoms with Crippen molar-refractivity contribution in [3.8, 4) is 0 Å². The average Bonchev–Trinajstić information content (AvgIpc) is 2.04. The molecule has 0 aliphatic heterocycles. The molecule has 0 amide bonds. The molecule has 1 aromatic carbocycles. The van der Waals surface area contributed by atoms with E-state index in [2.05, 4.69) is 4.99 Å². The van der Waals surface area contributed by atoms with E-state index in [0.717, 1.165) is 0 Å². The Kier molecular flexibility index (Phi) is 3.51. The van der Waals surface area contributed by atoms with Gasteiger partial charge in [0.05, 0.1) is 10.7 Å². The molecule has 0 saturated carbocycles. The number of carbonyl (C=O) groups excluding carboxylic acids is 1. The first kappa shape index (κ1) is 10.3. The lowest BCUT2D eigenvalue weighted by Crippen LogP contribution is -1.97. The third-order valence-corrected chi connectivity index (χ3v) is 2.80. The van der Waals surface area contributed by atoms with E-state index in [0.29, 0.717) is 15.6 Å². The molecule has 0 saturated heterocycles. The van der Waals surface area contributed by atoms with E-state index in [4.69, 9.17) is 11.6 Å². The van der Waals surface area contributed by atoms with Crippen LogP contribution in [0, 0.1) is 0 Å². The van der Waals surface area contributed by atoms with Crippen molar-refractivity contribution >= 4 is 34.5 Å². The molecule has 0 aliphatic carbocycles.